The highest BCUT2D eigenvalue weighted by atomic mass is 16.5. The Morgan fingerprint density at radius 1 is 1.02 bits per heavy atom. The minimum absolute atomic E-state index is 0.281. The van der Waals surface area contributed by atoms with Crippen LogP contribution in [0, 0.1) is 11.8 Å². The van der Waals surface area contributed by atoms with E-state index in [2.05, 4.69) is 15.5 Å². The van der Waals surface area contributed by atoms with Gasteiger partial charge in [-0.1, -0.05) is 55.5 Å². The molecule has 4 aliphatic rings. The lowest BCUT2D eigenvalue weighted by Crippen LogP contribution is -2.57. The lowest BCUT2D eigenvalue weighted by atomic mass is 9.65. The van der Waals surface area contributed by atoms with Gasteiger partial charge in [-0.15, -0.1) is 0 Å². The molecule has 42 heavy (non-hydrogen) atoms. The minimum Gasteiger partial charge on any atom is -0.394 e. The van der Waals surface area contributed by atoms with Gasteiger partial charge in [0.25, 0.3) is 0 Å². The van der Waals surface area contributed by atoms with E-state index in [9.17, 15) is 19.5 Å². The van der Waals surface area contributed by atoms with Gasteiger partial charge in [0, 0.05) is 31.9 Å². The van der Waals surface area contributed by atoms with E-state index < -0.39 is 35.1 Å². The van der Waals surface area contributed by atoms with Crippen LogP contribution >= 0.6 is 0 Å². The number of aliphatic hydroxyl groups excluding tert-OH is 1. The third-order valence-electron chi connectivity index (χ3n) is 9.71. The molecule has 2 aromatic carbocycles. The normalized spacial score (nSPS) is 31.1. The number of likely N-dealkylation sites (tertiary alicyclic amines) is 1. The van der Waals surface area contributed by atoms with Gasteiger partial charge in [-0.25, -0.2) is 0 Å². The van der Waals surface area contributed by atoms with Gasteiger partial charge >= 0.3 is 0 Å². The lowest BCUT2D eigenvalue weighted by molar-refractivity contribution is -0.150. The highest BCUT2D eigenvalue weighted by Gasteiger charge is 2.79. The average molecular weight is 577 g/mol. The number of morpholine rings is 1. The summed E-state index contributed by atoms with van der Waals surface area (Å²) in [5, 5.41) is 16.7. The number of nitrogens with one attached hydrogen (secondary N) is 2. The molecule has 4 heterocycles. The van der Waals surface area contributed by atoms with Gasteiger partial charge < -0.3 is 30.1 Å². The third kappa shape index (κ3) is 4.80. The second-order valence-electron chi connectivity index (χ2n) is 11.8. The lowest BCUT2D eigenvalue weighted by Gasteiger charge is -2.37. The Morgan fingerprint density at radius 3 is 2.38 bits per heavy atom. The second-order valence-corrected chi connectivity index (χ2v) is 11.8. The zero-order valence-electron chi connectivity index (χ0n) is 24.0. The monoisotopic (exact) mass is 576 g/mol. The molecule has 2 unspecified atom stereocenters. The van der Waals surface area contributed by atoms with Crippen molar-refractivity contribution in [2.45, 2.75) is 49.5 Å². The van der Waals surface area contributed by atoms with Gasteiger partial charge in [-0.2, -0.15) is 0 Å². The number of carbonyl (C=O) groups is 3. The number of para-hydroxylation sites is 1. The van der Waals surface area contributed by atoms with Crippen molar-refractivity contribution in [1.82, 2.24) is 15.1 Å². The van der Waals surface area contributed by atoms with Gasteiger partial charge in [0.1, 0.15) is 11.6 Å². The number of hydrogen-bond donors (Lipinski definition) is 3. The first kappa shape index (κ1) is 28.8. The number of ether oxygens (including phenoxy) is 2. The fourth-order valence-electron chi connectivity index (χ4n) is 7.72. The Hall–Kier alpha value is -3.31. The summed E-state index contributed by atoms with van der Waals surface area (Å²) in [6, 6.07) is 16.7. The van der Waals surface area contributed by atoms with Crippen LogP contribution in [0.15, 0.2) is 60.7 Å². The number of hydrogen-bond acceptors (Lipinski definition) is 7. The maximum Gasteiger partial charge on any atom is 0.245 e. The summed E-state index contributed by atoms with van der Waals surface area (Å²) in [4.78, 5) is 46.4. The van der Waals surface area contributed by atoms with Crippen LogP contribution in [0.4, 0.5) is 5.69 Å². The number of aliphatic hydroxyl groups is 1. The van der Waals surface area contributed by atoms with E-state index in [0.29, 0.717) is 51.3 Å². The largest absolute Gasteiger partial charge is 0.394 e. The molecule has 1 spiro atoms. The van der Waals surface area contributed by atoms with Crippen LogP contribution in [0.1, 0.15) is 37.8 Å². The number of anilines is 1. The Kier molecular flexibility index (Phi) is 8.06. The summed E-state index contributed by atoms with van der Waals surface area (Å²) in [6.45, 7) is 5.61. The van der Waals surface area contributed by atoms with E-state index in [1.807, 2.05) is 67.6 Å². The number of amides is 3. The van der Waals surface area contributed by atoms with E-state index in [4.69, 9.17) is 9.47 Å². The van der Waals surface area contributed by atoms with Crippen molar-refractivity contribution in [1.29, 1.82) is 0 Å². The van der Waals surface area contributed by atoms with Crippen LogP contribution in [-0.4, -0.2) is 95.9 Å². The maximum atomic E-state index is 14.6. The molecule has 0 radical (unpaired) electrons. The number of carbonyl (C=O) groups excluding carboxylic acids is 3. The SMILES string of the molecule is CC[C@]12CCC3(O1)C(C(=O)NCCN1CCOCC1)N([C@H](CO)c1ccccc1)C(=O)[C@@H]3[C@H]2C(=O)Nc1ccccc1. The molecule has 6 atom stereocenters. The van der Waals surface area contributed by atoms with E-state index in [1.165, 1.54) is 4.90 Å². The van der Waals surface area contributed by atoms with Crippen LogP contribution in [0.2, 0.25) is 0 Å². The second kappa shape index (κ2) is 11.8. The van der Waals surface area contributed by atoms with Crippen molar-refractivity contribution in [3.05, 3.63) is 66.2 Å². The van der Waals surface area contributed by atoms with Crippen LogP contribution in [0.3, 0.4) is 0 Å². The average Bonchev–Trinajstić information content (AvgIpc) is 3.63. The third-order valence-corrected chi connectivity index (χ3v) is 9.71. The molecule has 224 valence electrons. The summed E-state index contributed by atoms with van der Waals surface area (Å²) >= 11 is 0. The molecule has 2 bridgehead atoms. The Labute approximate surface area is 246 Å². The van der Waals surface area contributed by atoms with Crippen LogP contribution in [0.25, 0.3) is 0 Å². The number of nitrogens with zero attached hydrogens (tertiary/aromatic N) is 2. The van der Waals surface area contributed by atoms with E-state index in [-0.39, 0.29) is 24.3 Å². The first-order valence-corrected chi connectivity index (χ1v) is 15.1. The zero-order valence-corrected chi connectivity index (χ0v) is 24.0. The van der Waals surface area contributed by atoms with Crippen molar-refractivity contribution >= 4 is 23.4 Å². The predicted octanol–water partition coefficient (Wildman–Crippen LogP) is 1.96. The minimum atomic E-state index is -1.17. The van der Waals surface area contributed by atoms with E-state index in [0.717, 1.165) is 18.7 Å². The smallest absolute Gasteiger partial charge is 0.245 e. The molecule has 10 heteroatoms. The van der Waals surface area contributed by atoms with Gasteiger partial charge in [-0.05, 0) is 37.0 Å². The molecule has 0 aromatic heterocycles. The molecular weight excluding hydrogens is 536 g/mol. The number of rotatable bonds is 10. The molecular formula is C32H40N4O6. The fraction of sp³-hybridized carbons (Fsp3) is 0.531. The molecule has 4 aliphatic heterocycles. The number of fused-ring (bicyclic) bond motifs is 1. The Balaban J connectivity index is 1.35. The van der Waals surface area contributed by atoms with Crippen molar-refractivity contribution in [3.63, 3.8) is 0 Å². The molecule has 4 fully saturated rings. The van der Waals surface area contributed by atoms with Gasteiger partial charge in [-0.3, -0.25) is 19.3 Å². The van der Waals surface area contributed by atoms with Crippen LogP contribution in [-0.2, 0) is 23.9 Å². The molecule has 10 nitrogen and oxygen atoms in total. The predicted molar refractivity (Wildman–Crippen MR) is 155 cm³/mol. The molecule has 4 saturated heterocycles. The van der Waals surface area contributed by atoms with Crippen molar-refractivity contribution in [2.24, 2.45) is 11.8 Å². The van der Waals surface area contributed by atoms with Crippen molar-refractivity contribution in [3.8, 4) is 0 Å². The van der Waals surface area contributed by atoms with Gasteiger partial charge in [0.2, 0.25) is 17.7 Å². The molecule has 0 saturated carbocycles. The molecule has 3 N–H and O–H groups in total. The van der Waals surface area contributed by atoms with E-state index in [1.54, 1.807) is 0 Å². The molecule has 2 aromatic rings. The van der Waals surface area contributed by atoms with Crippen LogP contribution < -0.4 is 10.6 Å². The summed E-state index contributed by atoms with van der Waals surface area (Å²) in [5.74, 6) is -2.54. The highest BCUT2D eigenvalue weighted by molar-refractivity contribution is 6.02. The summed E-state index contributed by atoms with van der Waals surface area (Å²) in [6.07, 6.45) is 1.59. The summed E-state index contributed by atoms with van der Waals surface area (Å²) < 4.78 is 12.3. The Bertz CT molecular complexity index is 1290. The maximum absolute atomic E-state index is 14.6. The zero-order chi connectivity index (χ0) is 29.3. The van der Waals surface area contributed by atoms with Gasteiger partial charge in [0.15, 0.2) is 0 Å². The van der Waals surface area contributed by atoms with Gasteiger partial charge in [0.05, 0.1) is 43.3 Å². The first-order chi connectivity index (χ1) is 20.4. The molecule has 3 amide bonds. The first-order valence-electron chi connectivity index (χ1n) is 15.1. The van der Waals surface area contributed by atoms with Crippen LogP contribution in [0.5, 0.6) is 0 Å². The number of benzene rings is 2. The Morgan fingerprint density at radius 2 is 1.71 bits per heavy atom. The highest BCUT2D eigenvalue weighted by Crippen LogP contribution is 2.65. The van der Waals surface area contributed by atoms with Crippen molar-refractivity contribution in [2.75, 3.05) is 51.3 Å². The topological polar surface area (TPSA) is 120 Å². The molecule has 6 rings (SSSR count). The van der Waals surface area contributed by atoms with Crippen molar-refractivity contribution < 1.29 is 29.0 Å². The quantitative estimate of drug-likeness (QED) is 0.396. The summed E-state index contributed by atoms with van der Waals surface area (Å²) in [5.41, 5.74) is -0.653. The van der Waals surface area contributed by atoms with E-state index >= 15 is 0 Å². The summed E-state index contributed by atoms with van der Waals surface area (Å²) in [7, 11) is 0. The molecule has 0 aliphatic carbocycles. The fourth-order valence-corrected chi connectivity index (χ4v) is 7.72. The standard InChI is InChI=1S/C32H40N4O6/c1-2-31-13-14-32(42-31)26(25(31)28(38)34-23-11-7-4-8-12-23)30(40)36(24(21-37)22-9-5-3-6-10-22)27(32)29(39)33-15-16-35-17-19-41-20-18-35/h3-12,24-27,37H,2,13-21H2,1H3,(H,33,39)(H,34,38)/t24-,25+,26+,27?,31-,32?/m1/s1.